The van der Waals surface area contributed by atoms with Crippen LogP contribution in [0.25, 0.3) is 0 Å². The van der Waals surface area contributed by atoms with Gasteiger partial charge in [-0.05, 0) is 13.2 Å². The molecule has 1 aliphatic rings. The molecular weight excluding hydrogens is 260 g/mol. The zero-order valence-corrected chi connectivity index (χ0v) is 11.6. The Kier molecular flexibility index (Phi) is 5.80. The van der Waals surface area contributed by atoms with Crippen LogP contribution < -0.4 is 15.8 Å². The topological polar surface area (TPSA) is 61.0 Å². The predicted molar refractivity (Wildman–Crippen MR) is 74.5 cm³/mol. The summed E-state index contributed by atoms with van der Waals surface area (Å²) in [6, 6.07) is 0.319. The van der Waals surface area contributed by atoms with E-state index in [0.717, 1.165) is 25.3 Å². The molecule has 0 aromatic carbocycles. The molecule has 0 spiro atoms. The number of hydrogen-bond acceptors (Lipinski definition) is 5. The van der Waals surface area contributed by atoms with Crippen molar-refractivity contribution in [1.29, 1.82) is 0 Å². The molecule has 0 saturated carbocycles. The van der Waals surface area contributed by atoms with E-state index in [1.807, 2.05) is 0 Å². The molecule has 1 unspecified atom stereocenters. The van der Waals surface area contributed by atoms with Crippen molar-refractivity contribution in [3.05, 3.63) is 21.6 Å². The highest BCUT2D eigenvalue weighted by Gasteiger charge is 2.21. The highest BCUT2D eigenvalue weighted by molar-refractivity contribution is 7.79. The lowest BCUT2D eigenvalue weighted by atomic mass is 10.2. The second-order valence-electron chi connectivity index (χ2n) is 3.64. The number of nitrogens with one attached hydrogen (secondary N) is 2. The Morgan fingerprint density at radius 2 is 2.29 bits per heavy atom. The van der Waals surface area contributed by atoms with Gasteiger partial charge in [0.25, 0.3) is 5.56 Å². The Bertz CT molecular complexity index is 412. The quantitative estimate of drug-likeness (QED) is 0.663. The Morgan fingerprint density at radius 3 is 2.94 bits per heavy atom. The van der Waals surface area contributed by atoms with E-state index in [1.165, 1.54) is 0 Å². The molecule has 0 radical (unpaired) electrons. The molecule has 2 heterocycles. The fourth-order valence-electron chi connectivity index (χ4n) is 1.77. The van der Waals surface area contributed by atoms with E-state index in [-0.39, 0.29) is 10.6 Å². The summed E-state index contributed by atoms with van der Waals surface area (Å²) in [6.07, 6.45) is 3.30. The van der Waals surface area contributed by atoms with Gasteiger partial charge in [0, 0.05) is 25.7 Å². The molecule has 5 nitrogen and oxygen atoms in total. The standard InChI is InChI=1S/C9H13ClN4O.CH4S/c1-6-4-11-2-3-14(6)7-5-12-13-9(15)8(7)10;1-2/h5-6,11H,2-4H2,1H3,(H,13,15);2H,1H3. The van der Waals surface area contributed by atoms with Crippen LogP contribution in [-0.4, -0.2) is 42.1 Å². The maximum atomic E-state index is 11.3. The zero-order valence-electron chi connectivity index (χ0n) is 9.90. The van der Waals surface area contributed by atoms with Crippen LogP contribution in [0, 0.1) is 0 Å². The Morgan fingerprint density at radius 1 is 1.59 bits per heavy atom. The minimum Gasteiger partial charge on any atom is -0.364 e. The van der Waals surface area contributed by atoms with Crippen LogP contribution in [0.3, 0.4) is 0 Å². The summed E-state index contributed by atoms with van der Waals surface area (Å²) >= 11 is 9.47. The third-order valence-electron chi connectivity index (χ3n) is 2.59. The first kappa shape index (κ1) is 14.3. The van der Waals surface area contributed by atoms with Gasteiger partial charge in [0.2, 0.25) is 0 Å². The molecule has 1 aromatic heterocycles. The highest BCUT2D eigenvalue weighted by Crippen LogP contribution is 2.22. The van der Waals surface area contributed by atoms with Crippen LogP contribution in [0.2, 0.25) is 5.02 Å². The zero-order chi connectivity index (χ0) is 12.8. The first-order valence-corrected chi connectivity index (χ1v) is 6.62. The number of halogens is 1. The molecule has 1 aromatic rings. The Balaban J connectivity index is 0.000000686. The molecule has 0 bridgehead atoms. The maximum Gasteiger partial charge on any atom is 0.285 e. The minimum absolute atomic E-state index is 0.221. The minimum atomic E-state index is -0.333. The number of rotatable bonds is 1. The summed E-state index contributed by atoms with van der Waals surface area (Å²) in [4.78, 5) is 13.4. The summed E-state index contributed by atoms with van der Waals surface area (Å²) in [6.45, 7) is 4.71. The van der Waals surface area contributed by atoms with Crippen molar-refractivity contribution in [1.82, 2.24) is 15.5 Å². The van der Waals surface area contributed by atoms with Gasteiger partial charge in [-0.2, -0.15) is 17.7 Å². The number of anilines is 1. The molecule has 7 heteroatoms. The van der Waals surface area contributed by atoms with Crippen LogP contribution in [0.5, 0.6) is 0 Å². The third-order valence-corrected chi connectivity index (χ3v) is 2.95. The number of thiol groups is 1. The maximum absolute atomic E-state index is 11.3. The van der Waals surface area contributed by atoms with Crippen molar-refractivity contribution in [2.75, 3.05) is 30.8 Å². The number of aromatic amines is 1. The van der Waals surface area contributed by atoms with Crippen molar-refractivity contribution in [3.63, 3.8) is 0 Å². The van der Waals surface area contributed by atoms with Gasteiger partial charge in [-0.1, -0.05) is 11.6 Å². The van der Waals surface area contributed by atoms with E-state index in [9.17, 15) is 4.79 Å². The second-order valence-corrected chi connectivity index (χ2v) is 4.02. The number of nitrogens with zero attached hydrogens (tertiary/aromatic N) is 2. The average molecular weight is 277 g/mol. The Hall–Kier alpha value is -0.720. The van der Waals surface area contributed by atoms with E-state index in [4.69, 9.17) is 11.6 Å². The van der Waals surface area contributed by atoms with Crippen LogP contribution in [0.15, 0.2) is 11.0 Å². The van der Waals surface area contributed by atoms with E-state index < -0.39 is 0 Å². The molecule has 96 valence electrons. The second kappa shape index (κ2) is 6.88. The number of piperazine rings is 1. The number of aromatic nitrogens is 2. The van der Waals surface area contributed by atoms with Gasteiger partial charge in [-0.25, -0.2) is 5.10 Å². The van der Waals surface area contributed by atoms with E-state index in [1.54, 1.807) is 12.5 Å². The van der Waals surface area contributed by atoms with Gasteiger partial charge in [0.15, 0.2) is 0 Å². The molecule has 1 fully saturated rings. The molecule has 1 atom stereocenters. The highest BCUT2D eigenvalue weighted by atomic mass is 35.5. The van der Waals surface area contributed by atoms with E-state index in [0.29, 0.717) is 6.04 Å². The fraction of sp³-hybridized carbons (Fsp3) is 0.600. The molecule has 2 rings (SSSR count). The van der Waals surface area contributed by atoms with Crippen molar-refractivity contribution in [2.24, 2.45) is 0 Å². The lowest BCUT2D eigenvalue weighted by molar-refractivity contribution is 0.500. The number of H-pyrrole nitrogens is 1. The first-order chi connectivity index (χ1) is 8.20. The molecule has 17 heavy (non-hydrogen) atoms. The van der Waals surface area contributed by atoms with E-state index >= 15 is 0 Å². The summed E-state index contributed by atoms with van der Waals surface area (Å²) in [5.74, 6) is 0. The summed E-state index contributed by atoms with van der Waals surface area (Å²) in [7, 11) is 0. The lowest BCUT2D eigenvalue weighted by Crippen LogP contribution is -2.50. The molecule has 0 amide bonds. The van der Waals surface area contributed by atoms with Crippen molar-refractivity contribution < 1.29 is 0 Å². The van der Waals surface area contributed by atoms with Crippen molar-refractivity contribution in [2.45, 2.75) is 13.0 Å². The van der Waals surface area contributed by atoms with Gasteiger partial charge in [0.1, 0.15) is 5.02 Å². The normalized spacial score (nSPS) is 19.5. The van der Waals surface area contributed by atoms with Crippen LogP contribution in [0.1, 0.15) is 6.92 Å². The van der Waals surface area contributed by atoms with Crippen LogP contribution in [-0.2, 0) is 0 Å². The lowest BCUT2D eigenvalue weighted by Gasteiger charge is -2.35. The summed E-state index contributed by atoms with van der Waals surface area (Å²) in [5, 5.41) is 9.58. The predicted octanol–water partition coefficient (Wildman–Crippen LogP) is 0.767. The first-order valence-electron chi connectivity index (χ1n) is 5.35. The monoisotopic (exact) mass is 276 g/mol. The smallest absolute Gasteiger partial charge is 0.285 e. The van der Waals surface area contributed by atoms with Crippen molar-refractivity contribution in [3.8, 4) is 0 Å². The molecule has 1 aliphatic heterocycles. The van der Waals surface area contributed by atoms with Gasteiger partial charge in [-0.3, -0.25) is 4.79 Å². The molecular formula is C10H17ClN4OS. The van der Waals surface area contributed by atoms with Gasteiger partial charge in [0.05, 0.1) is 11.9 Å². The summed E-state index contributed by atoms with van der Waals surface area (Å²) < 4.78 is 0. The fourth-order valence-corrected chi connectivity index (χ4v) is 1.97. The molecule has 2 N–H and O–H groups in total. The van der Waals surface area contributed by atoms with Crippen molar-refractivity contribution >= 4 is 29.9 Å². The molecule has 0 aliphatic carbocycles. The van der Waals surface area contributed by atoms with Crippen LogP contribution >= 0.6 is 24.2 Å². The van der Waals surface area contributed by atoms with Gasteiger partial charge in [-0.15, -0.1) is 0 Å². The largest absolute Gasteiger partial charge is 0.364 e. The SMILES string of the molecule is CC1CNCCN1c1cn[nH]c(=O)c1Cl.CS. The summed E-state index contributed by atoms with van der Waals surface area (Å²) in [5.41, 5.74) is 0.384. The average Bonchev–Trinajstić information content (AvgIpc) is 2.36. The number of hydrogen-bond donors (Lipinski definition) is 3. The van der Waals surface area contributed by atoms with Gasteiger partial charge >= 0.3 is 0 Å². The Labute approximate surface area is 111 Å². The molecule has 1 saturated heterocycles. The van der Waals surface area contributed by atoms with Gasteiger partial charge < -0.3 is 10.2 Å². The van der Waals surface area contributed by atoms with E-state index in [2.05, 4.69) is 40.0 Å². The third kappa shape index (κ3) is 3.37. The van der Waals surface area contributed by atoms with Crippen LogP contribution in [0.4, 0.5) is 5.69 Å².